The van der Waals surface area contributed by atoms with Crippen molar-refractivity contribution in [3.05, 3.63) is 70.8 Å². The monoisotopic (exact) mass is 332 g/mol. The Bertz CT molecular complexity index is 996. The molecule has 0 bridgehead atoms. The molecule has 1 N–H and O–H groups in total. The normalized spacial score (nSPS) is 13.4. The van der Waals surface area contributed by atoms with Crippen LogP contribution in [0.25, 0.3) is 5.76 Å². The average molecular weight is 332 g/mol. The Morgan fingerprint density at radius 1 is 1.16 bits per heavy atom. The van der Waals surface area contributed by atoms with Crippen LogP contribution in [0.15, 0.2) is 59.1 Å². The van der Waals surface area contributed by atoms with Gasteiger partial charge in [0.15, 0.2) is 11.5 Å². The SMILES string of the molecule is COC(=O)c1cccc(N=C(C#N)C2=C(O)c3ccccc3C2=O)c1. The van der Waals surface area contributed by atoms with Crippen LogP contribution in [0, 0.1) is 11.3 Å². The lowest BCUT2D eigenvalue weighted by Gasteiger charge is -2.02. The quantitative estimate of drug-likeness (QED) is 0.687. The second kappa shape index (κ2) is 6.42. The molecule has 25 heavy (non-hydrogen) atoms. The molecule has 0 amide bonds. The Balaban J connectivity index is 2.07. The molecule has 0 aromatic heterocycles. The fourth-order valence-electron chi connectivity index (χ4n) is 2.57. The highest BCUT2D eigenvalue weighted by atomic mass is 16.5. The van der Waals surface area contributed by atoms with Gasteiger partial charge in [0, 0.05) is 11.1 Å². The first-order valence-corrected chi connectivity index (χ1v) is 7.31. The van der Waals surface area contributed by atoms with Crippen LogP contribution in [0.1, 0.15) is 26.3 Å². The number of ether oxygens (including phenoxy) is 1. The van der Waals surface area contributed by atoms with E-state index in [1.165, 1.54) is 13.2 Å². The minimum Gasteiger partial charge on any atom is -0.506 e. The number of benzene rings is 2. The van der Waals surface area contributed by atoms with Crippen LogP contribution in [-0.2, 0) is 4.74 Å². The zero-order valence-corrected chi connectivity index (χ0v) is 13.2. The van der Waals surface area contributed by atoms with E-state index in [1.54, 1.807) is 42.5 Å². The zero-order valence-electron chi connectivity index (χ0n) is 13.2. The molecule has 0 heterocycles. The van der Waals surface area contributed by atoms with Crippen LogP contribution in [0.2, 0.25) is 0 Å². The lowest BCUT2D eigenvalue weighted by atomic mass is 10.1. The molecule has 2 aromatic rings. The maximum atomic E-state index is 12.5. The third-order valence-corrected chi connectivity index (χ3v) is 3.74. The first-order valence-electron chi connectivity index (χ1n) is 7.31. The first-order chi connectivity index (χ1) is 12.1. The number of hydrogen-bond donors (Lipinski definition) is 1. The van der Waals surface area contributed by atoms with Gasteiger partial charge in [0.25, 0.3) is 0 Å². The molecule has 6 heteroatoms. The summed E-state index contributed by atoms with van der Waals surface area (Å²) >= 11 is 0. The number of nitrogens with zero attached hydrogens (tertiary/aromatic N) is 2. The largest absolute Gasteiger partial charge is 0.506 e. The number of rotatable bonds is 3. The Morgan fingerprint density at radius 3 is 2.52 bits per heavy atom. The van der Waals surface area contributed by atoms with Crippen molar-refractivity contribution < 1.29 is 19.4 Å². The third kappa shape index (κ3) is 2.79. The fraction of sp³-hybridized carbons (Fsp3) is 0.0526. The summed E-state index contributed by atoms with van der Waals surface area (Å²) in [5, 5.41) is 19.7. The van der Waals surface area contributed by atoms with Gasteiger partial charge in [-0.15, -0.1) is 0 Å². The Hall–Kier alpha value is -3.72. The Kier molecular flexibility index (Phi) is 4.14. The number of fused-ring (bicyclic) bond motifs is 1. The Morgan fingerprint density at radius 2 is 1.88 bits per heavy atom. The van der Waals surface area contributed by atoms with Crippen LogP contribution in [0.5, 0.6) is 0 Å². The van der Waals surface area contributed by atoms with Gasteiger partial charge >= 0.3 is 5.97 Å². The molecule has 0 spiro atoms. The Labute approximate surface area is 143 Å². The number of nitriles is 1. The van der Waals surface area contributed by atoms with Crippen molar-refractivity contribution in [2.75, 3.05) is 7.11 Å². The summed E-state index contributed by atoms with van der Waals surface area (Å²) in [5.41, 5.74) is 0.881. The molecule has 0 unspecified atom stereocenters. The van der Waals surface area contributed by atoms with Crippen molar-refractivity contribution in [1.82, 2.24) is 0 Å². The highest BCUT2D eigenvalue weighted by Crippen LogP contribution is 2.32. The molecular weight excluding hydrogens is 320 g/mol. The predicted octanol–water partition coefficient (Wildman–Crippen LogP) is 3.23. The third-order valence-electron chi connectivity index (χ3n) is 3.74. The van der Waals surface area contributed by atoms with Crippen molar-refractivity contribution >= 4 is 28.9 Å². The van der Waals surface area contributed by atoms with Gasteiger partial charge in [0.1, 0.15) is 17.4 Å². The molecule has 0 fully saturated rings. The number of methoxy groups -OCH3 is 1. The van der Waals surface area contributed by atoms with Crippen molar-refractivity contribution in [1.29, 1.82) is 5.26 Å². The van der Waals surface area contributed by atoms with Crippen LogP contribution in [-0.4, -0.2) is 29.7 Å². The molecule has 1 aliphatic carbocycles. The second-order valence-corrected chi connectivity index (χ2v) is 5.21. The minimum absolute atomic E-state index is 0.146. The van der Waals surface area contributed by atoms with E-state index in [0.29, 0.717) is 16.8 Å². The highest BCUT2D eigenvalue weighted by molar-refractivity contribution is 6.39. The summed E-state index contributed by atoms with van der Waals surface area (Å²) in [5.74, 6) is -1.27. The average Bonchev–Trinajstić information content (AvgIpc) is 2.90. The van der Waals surface area contributed by atoms with Crippen LogP contribution in [0.4, 0.5) is 5.69 Å². The first kappa shape index (κ1) is 16.1. The number of allylic oxidation sites excluding steroid dienone is 1. The van der Waals surface area contributed by atoms with E-state index in [2.05, 4.69) is 9.73 Å². The predicted molar refractivity (Wildman–Crippen MR) is 90.8 cm³/mol. The van der Waals surface area contributed by atoms with Gasteiger partial charge in [-0.25, -0.2) is 9.79 Å². The topological polar surface area (TPSA) is 99.8 Å². The van der Waals surface area contributed by atoms with E-state index in [4.69, 9.17) is 0 Å². The van der Waals surface area contributed by atoms with Crippen LogP contribution >= 0.6 is 0 Å². The van der Waals surface area contributed by atoms with E-state index >= 15 is 0 Å². The molecule has 0 saturated heterocycles. The molecule has 122 valence electrons. The molecule has 0 aliphatic heterocycles. The van der Waals surface area contributed by atoms with Crippen molar-refractivity contribution in [2.45, 2.75) is 0 Å². The molecule has 0 saturated carbocycles. The van der Waals surface area contributed by atoms with Gasteiger partial charge in [0.05, 0.1) is 18.4 Å². The van der Waals surface area contributed by atoms with Gasteiger partial charge in [-0.05, 0) is 18.2 Å². The maximum Gasteiger partial charge on any atom is 0.337 e. The number of aliphatic hydroxyl groups is 1. The number of aliphatic hydroxyl groups excluding tert-OH is 1. The summed E-state index contributed by atoms with van der Waals surface area (Å²) in [4.78, 5) is 28.2. The molecular formula is C19H12N2O4. The number of carbonyl (C=O) groups excluding carboxylic acids is 2. The van der Waals surface area contributed by atoms with E-state index in [-0.39, 0.29) is 22.6 Å². The van der Waals surface area contributed by atoms with Gasteiger partial charge in [0.2, 0.25) is 0 Å². The second-order valence-electron chi connectivity index (χ2n) is 5.21. The summed E-state index contributed by atoms with van der Waals surface area (Å²) in [6.45, 7) is 0. The van der Waals surface area contributed by atoms with Crippen molar-refractivity contribution in [3.63, 3.8) is 0 Å². The van der Waals surface area contributed by atoms with Crippen LogP contribution < -0.4 is 0 Å². The molecule has 2 aromatic carbocycles. The minimum atomic E-state index is -0.540. The number of carbonyl (C=O) groups is 2. The molecule has 3 rings (SSSR count). The summed E-state index contributed by atoms with van der Waals surface area (Å²) < 4.78 is 4.64. The van der Waals surface area contributed by atoms with E-state index in [1.807, 2.05) is 6.07 Å². The van der Waals surface area contributed by atoms with Gasteiger partial charge in [-0.2, -0.15) is 5.26 Å². The number of ketones is 1. The smallest absolute Gasteiger partial charge is 0.337 e. The van der Waals surface area contributed by atoms with Crippen LogP contribution in [0.3, 0.4) is 0 Å². The standard InChI is InChI=1S/C19H12N2O4/c1-25-19(24)11-5-4-6-12(9-11)21-15(10-20)16-17(22)13-7-2-3-8-14(13)18(16)23/h2-9,22H,1H3. The molecule has 1 aliphatic rings. The molecule has 0 atom stereocenters. The van der Waals surface area contributed by atoms with Gasteiger partial charge in [-0.3, -0.25) is 4.79 Å². The number of Topliss-reactive ketones (excluding diaryl/α,β-unsaturated/α-hetero) is 1. The lowest BCUT2D eigenvalue weighted by Crippen LogP contribution is -2.09. The summed E-state index contributed by atoms with van der Waals surface area (Å²) in [6, 6.07) is 14.5. The van der Waals surface area contributed by atoms with Gasteiger partial charge < -0.3 is 9.84 Å². The fourth-order valence-corrected chi connectivity index (χ4v) is 2.57. The van der Waals surface area contributed by atoms with E-state index in [0.717, 1.165) is 0 Å². The zero-order chi connectivity index (χ0) is 18.0. The van der Waals surface area contributed by atoms with E-state index in [9.17, 15) is 20.0 Å². The maximum absolute atomic E-state index is 12.5. The van der Waals surface area contributed by atoms with Crippen molar-refractivity contribution in [3.8, 4) is 6.07 Å². The lowest BCUT2D eigenvalue weighted by molar-refractivity contribution is 0.0600. The molecule has 0 radical (unpaired) electrons. The molecule has 6 nitrogen and oxygen atoms in total. The number of aliphatic imine (C=N–C) groups is 1. The highest BCUT2D eigenvalue weighted by Gasteiger charge is 2.32. The summed E-state index contributed by atoms with van der Waals surface area (Å²) in [7, 11) is 1.26. The number of hydrogen-bond acceptors (Lipinski definition) is 6. The summed E-state index contributed by atoms with van der Waals surface area (Å²) in [6.07, 6.45) is 0. The number of esters is 1. The van der Waals surface area contributed by atoms with Gasteiger partial charge in [-0.1, -0.05) is 30.3 Å². The van der Waals surface area contributed by atoms with E-state index < -0.39 is 11.8 Å². The van der Waals surface area contributed by atoms with Crippen molar-refractivity contribution in [2.24, 2.45) is 4.99 Å².